The van der Waals surface area contributed by atoms with Crippen LogP contribution < -0.4 is 0 Å². The fraction of sp³-hybridized carbons (Fsp3) is 0.150. The van der Waals surface area contributed by atoms with E-state index in [1.54, 1.807) is 29.4 Å². The first-order chi connectivity index (χ1) is 12.6. The lowest BCUT2D eigenvalue weighted by Gasteiger charge is -2.21. The van der Waals surface area contributed by atoms with E-state index in [1.165, 1.54) is 6.08 Å². The van der Waals surface area contributed by atoms with Crippen molar-refractivity contribution in [3.05, 3.63) is 65.5 Å². The molecule has 26 heavy (non-hydrogen) atoms. The van der Waals surface area contributed by atoms with E-state index < -0.39 is 0 Å². The summed E-state index contributed by atoms with van der Waals surface area (Å²) in [5.41, 5.74) is 2.44. The third-order valence-electron chi connectivity index (χ3n) is 4.28. The minimum atomic E-state index is -0.126. The number of thiazole rings is 1. The molecule has 4 aromatic rings. The van der Waals surface area contributed by atoms with Crippen molar-refractivity contribution in [1.29, 1.82) is 0 Å². The first kappa shape index (κ1) is 16.5. The monoisotopic (exact) mass is 363 g/mol. The van der Waals surface area contributed by atoms with Gasteiger partial charge >= 0.3 is 0 Å². The van der Waals surface area contributed by atoms with Gasteiger partial charge in [-0.1, -0.05) is 24.3 Å². The van der Waals surface area contributed by atoms with Crippen LogP contribution in [0.25, 0.3) is 27.4 Å². The van der Waals surface area contributed by atoms with Gasteiger partial charge in [-0.05, 0) is 31.2 Å². The van der Waals surface area contributed by atoms with Crippen LogP contribution in [-0.4, -0.2) is 27.8 Å². The van der Waals surface area contributed by atoms with E-state index >= 15 is 0 Å². The van der Waals surface area contributed by atoms with E-state index in [1.807, 2.05) is 55.5 Å². The van der Waals surface area contributed by atoms with Crippen molar-refractivity contribution >= 4 is 44.6 Å². The summed E-state index contributed by atoms with van der Waals surface area (Å²) < 4.78 is 6.73. The average molecular weight is 363 g/mol. The number of fused-ring (bicyclic) bond motifs is 2. The van der Waals surface area contributed by atoms with Crippen LogP contribution in [0.5, 0.6) is 0 Å². The Bertz CT molecular complexity index is 1050. The number of oxazole rings is 1. The minimum Gasteiger partial charge on any atom is -0.437 e. The second-order valence-corrected chi connectivity index (χ2v) is 7.06. The van der Waals surface area contributed by atoms with Crippen molar-refractivity contribution in [2.45, 2.75) is 13.0 Å². The second-order valence-electron chi connectivity index (χ2n) is 6.00. The molecule has 1 amide bonds. The number of hydrogen-bond acceptors (Lipinski definition) is 5. The standard InChI is InChI=1S/C20H17N3O2S/c1-13(20-22-15-8-4-6-10-17(15)26-20)23(2)19(24)12-11-18-21-14-7-3-5-9-16(14)25-18/h3-13H,1-2H3/b12-11+. The molecule has 1 atom stereocenters. The Kier molecular flexibility index (Phi) is 4.26. The maximum Gasteiger partial charge on any atom is 0.247 e. The fourth-order valence-electron chi connectivity index (χ4n) is 2.65. The molecule has 0 saturated carbocycles. The predicted molar refractivity (Wildman–Crippen MR) is 104 cm³/mol. The number of likely N-dealkylation sites (N-methyl/N-ethyl adjacent to an activating group) is 1. The molecule has 0 aliphatic heterocycles. The number of amides is 1. The summed E-state index contributed by atoms with van der Waals surface area (Å²) in [6, 6.07) is 15.4. The molecule has 0 aliphatic rings. The van der Waals surface area contributed by atoms with Gasteiger partial charge in [0.2, 0.25) is 11.8 Å². The van der Waals surface area contributed by atoms with Crippen LogP contribution in [0, 0.1) is 0 Å². The number of nitrogens with zero attached hydrogens (tertiary/aromatic N) is 3. The van der Waals surface area contributed by atoms with Gasteiger partial charge in [0.05, 0.1) is 16.3 Å². The van der Waals surface area contributed by atoms with Gasteiger partial charge in [0.25, 0.3) is 0 Å². The van der Waals surface area contributed by atoms with Crippen LogP contribution in [0.1, 0.15) is 23.9 Å². The minimum absolute atomic E-state index is 0.117. The van der Waals surface area contributed by atoms with E-state index in [9.17, 15) is 4.79 Å². The van der Waals surface area contributed by atoms with Crippen LogP contribution in [0.15, 0.2) is 59.0 Å². The number of benzene rings is 2. The molecule has 0 saturated heterocycles. The molecule has 0 bridgehead atoms. The average Bonchev–Trinajstić information content (AvgIpc) is 3.28. The zero-order chi connectivity index (χ0) is 18.1. The molecule has 0 aliphatic carbocycles. The number of para-hydroxylation sites is 3. The molecule has 2 aromatic carbocycles. The number of aromatic nitrogens is 2. The third kappa shape index (κ3) is 3.11. The summed E-state index contributed by atoms with van der Waals surface area (Å²) in [4.78, 5) is 23.1. The highest BCUT2D eigenvalue weighted by Crippen LogP contribution is 2.29. The number of rotatable bonds is 4. The zero-order valence-electron chi connectivity index (χ0n) is 14.4. The van der Waals surface area contributed by atoms with Gasteiger partial charge in [-0.15, -0.1) is 11.3 Å². The van der Waals surface area contributed by atoms with Gasteiger partial charge in [-0.3, -0.25) is 4.79 Å². The SMILES string of the molecule is CC(c1nc2ccccc2s1)N(C)C(=O)/C=C/c1nc2ccccc2o1. The highest BCUT2D eigenvalue weighted by atomic mass is 32.1. The second kappa shape index (κ2) is 6.72. The van der Waals surface area contributed by atoms with Crippen LogP contribution >= 0.6 is 11.3 Å². The number of carbonyl (C=O) groups excluding carboxylic acids is 1. The van der Waals surface area contributed by atoms with Crippen LogP contribution in [-0.2, 0) is 4.79 Å². The smallest absolute Gasteiger partial charge is 0.247 e. The first-order valence-corrected chi connectivity index (χ1v) is 9.09. The normalized spacial score (nSPS) is 12.8. The lowest BCUT2D eigenvalue weighted by Crippen LogP contribution is -2.27. The summed E-state index contributed by atoms with van der Waals surface area (Å²) in [7, 11) is 1.77. The Morgan fingerprint density at radius 1 is 1.12 bits per heavy atom. The molecule has 0 N–H and O–H groups in total. The molecule has 5 nitrogen and oxygen atoms in total. The van der Waals surface area contributed by atoms with Gasteiger partial charge in [-0.2, -0.15) is 0 Å². The summed E-state index contributed by atoms with van der Waals surface area (Å²) in [5, 5.41) is 0.914. The van der Waals surface area contributed by atoms with Gasteiger partial charge in [0.1, 0.15) is 10.5 Å². The molecule has 4 rings (SSSR count). The zero-order valence-corrected chi connectivity index (χ0v) is 15.2. The molecule has 0 radical (unpaired) electrons. The number of hydrogen-bond donors (Lipinski definition) is 0. The van der Waals surface area contributed by atoms with Crippen molar-refractivity contribution in [2.24, 2.45) is 0 Å². The molecule has 2 aromatic heterocycles. The Morgan fingerprint density at radius 3 is 2.62 bits per heavy atom. The van der Waals surface area contributed by atoms with Gasteiger partial charge in [0.15, 0.2) is 5.58 Å². The first-order valence-electron chi connectivity index (χ1n) is 8.28. The summed E-state index contributed by atoms with van der Waals surface area (Å²) in [6.07, 6.45) is 3.08. The van der Waals surface area contributed by atoms with E-state index in [4.69, 9.17) is 4.42 Å². The van der Waals surface area contributed by atoms with Crippen LogP contribution in [0.4, 0.5) is 0 Å². The topological polar surface area (TPSA) is 59.2 Å². The van der Waals surface area contributed by atoms with E-state index in [2.05, 4.69) is 9.97 Å². The molecule has 130 valence electrons. The van der Waals surface area contributed by atoms with Crippen LogP contribution in [0.3, 0.4) is 0 Å². The van der Waals surface area contributed by atoms with Crippen molar-refractivity contribution in [3.8, 4) is 0 Å². The van der Waals surface area contributed by atoms with Crippen molar-refractivity contribution in [1.82, 2.24) is 14.9 Å². The van der Waals surface area contributed by atoms with Gasteiger partial charge in [-0.25, -0.2) is 9.97 Å². The fourth-order valence-corrected chi connectivity index (χ4v) is 3.71. The summed E-state index contributed by atoms with van der Waals surface area (Å²) in [6.45, 7) is 1.98. The molecule has 0 spiro atoms. The van der Waals surface area contributed by atoms with Crippen molar-refractivity contribution in [3.63, 3.8) is 0 Å². The largest absolute Gasteiger partial charge is 0.437 e. The quantitative estimate of drug-likeness (QED) is 0.494. The highest BCUT2D eigenvalue weighted by molar-refractivity contribution is 7.18. The Morgan fingerprint density at radius 2 is 1.85 bits per heavy atom. The Labute approximate surface area is 154 Å². The summed E-state index contributed by atoms with van der Waals surface area (Å²) in [5.74, 6) is 0.291. The molecule has 0 fully saturated rings. The predicted octanol–water partition coefficient (Wildman–Crippen LogP) is 4.67. The molecular weight excluding hydrogens is 346 g/mol. The van der Waals surface area contributed by atoms with Gasteiger partial charge in [0, 0.05) is 19.2 Å². The number of carbonyl (C=O) groups is 1. The molecule has 1 unspecified atom stereocenters. The Balaban J connectivity index is 1.51. The van der Waals surface area contributed by atoms with E-state index in [-0.39, 0.29) is 11.9 Å². The molecule has 6 heteroatoms. The lowest BCUT2D eigenvalue weighted by molar-refractivity contribution is -0.126. The molecule has 2 heterocycles. The van der Waals surface area contributed by atoms with E-state index in [0.717, 1.165) is 20.7 Å². The van der Waals surface area contributed by atoms with Crippen molar-refractivity contribution in [2.75, 3.05) is 7.05 Å². The lowest BCUT2D eigenvalue weighted by atomic mass is 10.3. The third-order valence-corrected chi connectivity index (χ3v) is 5.48. The maximum atomic E-state index is 12.5. The Hall–Kier alpha value is -2.99. The summed E-state index contributed by atoms with van der Waals surface area (Å²) >= 11 is 1.61. The molecular formula is C20H17N3O2S. The highest BCUT2D eigenvalue weighted by Gasteiger charge is 2.19. The maximum absolute atomic E-state index is 12.5. The van der Waals surface area contributed by atoms with Crippen molar-refractivity contribution < 1.29 is 9.21 Å². The van der Waals surface area contributed by atoms with Crippen LogP contribution in [0.2, 0.25) is 0 Å². The van der Waals surface area contributed by atoms with Gasteiger partial charge < -0.3 is 9.32 Å². The van der Waals surface area contributed by atoms with E-state index in [0.29, 0.717) is 11.5 Å².